The molecule has 0 aliphatic carbocycles. The van der Waals surface area contributed by atoms with E-state index in [4.69, 9.17) is 27.9 Å². The predicted octanol–water partition coefficient (Wildman–Crippen LogP) is 8.51. The Morgan fingerprint density at radius 3 is 2.12 bits per heavy atom. The molecule has 0 saturated heterocycles. The highest BCUT2D eigenvalue weighted by atomic mass is 79.9. The molecule has 0 N–H and O–H groups in total. The fourth-order valence-corrected chi connectivity index (χ4v) is 3.56. The van der Waals surface area contributed by atoms with Crippen LogP contribution in [0.15, 0.2) is 65.1 Å². The normalized spacial score (nSPS) is 11.5. The van der Waals surface area contributed by atoms with Gasteiger partial charge in [-0.3, -0.25) is 0 Å². The van der Waals surface area contributed by atoms with Crippen molar-refractivity contribution in [1.29, 1.82) is 0 Å². The van der Waals surface area contributed by atoms with E-state index in [1.807, 2.05) is 12.1 Å². The summed E-state index contributed by atoms with van der Waals surface area (Å²) < 4.78 is 6.90. The number of ether oxygens (including phenoxy) is 1. The molecule has 0 atom stereocenters. The van der Waals surface area contributed by atoms with Crippen LogP contribution in [0.4, 0.5) is 0 Å². The third kappa shape index (κ3) is 4.62. The van der Waals surface area contributed by atoms with E-state index in [2.05, 4.69) is 67.0 Å². The summed E-state index contributed by atoms with van der Waals surface area (Å²) >= 11 is 15.7. The van der Waals surface area contributed by atoms with Gasteiger partial charge in [0.2, 0.25) is 0 Å². The average molecular weight is 450 g/mol. The smallest absolute Gasteiger partial charge is 0.146 e. The zero-order chi connectivity index (χ0) is 18.9. The predicted molar refractivity (Wildman–Crippen MR) is 115 cm³/mol. The number of benzene rings is 3. The van der Waals surface area contributed by atoms with Crippen LogP contribution in [0.1, 0.15) is 26.3 Å². The van der Waals surface area contributed by atoms with Gasteiger partial charge in [0.05, 0.1) is 5.02 Å². The van der Waals surface area contributed by atoms with Crippen LogP contribution in [-0.2, 0) is 5.41 Å². The fourth-order valence-electron chi connectivity index (χ4n) is 2.64. The van der Waals surface area contributed by atoms with Gasteiger partial charge in [0.25, 0.3) is 0 Å². The first-order valence-corrected chi connectivity index (χ1v) is 9.82. The molecule has 0 bridgehead atoms. The van der Waals surface area contributed by atoms with Gasteiger partial charge in [-0.05, 0) is 58.5 Å². The molecular weight excluding hydrogens is 431 g/mol. The summed E-state index contributed by atoms with van der Waals surface area (Å²) in [6.07, 6.45) is 0. The van der Waals surface area contributed by atoms with Crippen molar-refractivity contribution in [1.82, 2.24) is 0 Å². The van der Waals surface area contributed by atoms with Crippen LogP contribution in [0.2, 0.25) is 10.0 Å². The minimum Gasteiger partial charge on any atom is -0.456 e. The Hall–Kier alpha value is -1.48. The van der Waals surface area contributed by atoms with E-state index in [-0.39, 0.29) is 5.41 Å². The Bertz CT molecular complexity index is 928. The first-order valence-electron chi connectivity index (χ1n) is 8.27. The molecule has 0 aliphatic heterocycles. The maximum Gasteiger partial charge on any atom is 0.146 e. The maximum atomic E-state index is 6.21. The minimum absolute atomic E-state index is 0.134. The monoisotopic (exact) mass is 448 g/mol. The molecule has 0 fully saturated rings. The average Bonchev–Trinajstić information content (AvgIpc) is 2.56. The third-order valence-electron chi connectivity index (χ3n) is 4.08. The lowest BCUT2D eigenvalue weighted by molar-refractivity contribution is 0.483. The third-order valence-corrected chi connectivity index (χ3v) is 5.07. The van der Waals surface area contributed by atoms with Crippen LogP contribution in [0.5, 0.6) is 11.5 Å². The molecular formula is C22H19BrCl2O. The molecule has 0 aromatic heterocycles. The molecule has 26 heavy (non-hydrogen) atoms. The van der Waals surface area contributed by atoms with Gasteiger partial charge in [0.1, 0.15) is 11.5 Å². The second-order valence-corrected chi connectivity index (χ2v) is 8.94. The molecule has 0 radical (unpaired) electrons. The first-order chi connectivity index (χ1) is 12.2. The van der Waals surface area contributed by atoms with E-state index in [9.17, 15) is 0 Å². The number of rotatable bonds is 3. The molecule has 1 nitrogen and oxygen atoms in total. The zero-order valence-electron chi connectivity index (χ0n) is 14.8. The van der Waals surface area contributed by atoms with Crippen LogP contribution in [-0.4, -0.2) is 0 Å². The van der Waals surface area contributed by atoms with Crippen molar-refractivity contribution in [2.75, 3.05) is 0 Å². The number of hydrogen-bond acceptors (Lipinski definition) is 1. The van der Waals surface area contributed by atoms with Crippen molar-refractivity contribution in [2.24, 2.45) is 0 Å². The molecule has 3 rings (SSSR count). The summed E-state index contributed by atoms with van der Waals surface area (Å²) in [4.78, 5) is 0. The summed E-state index contributed by atoms with van der Waals surface area (Å²) in [7, 11) is 0. The van der Waals surface area contributed by atoms with E-state index >= 15 is 0 Å². The Labute approximate surface area is 173 Å². The summed E-state index contributed by atoms with van der Waals surface area (Å²) in [6.45, 7) is 6.63. The Kier molecular flexibility index (Phi) is 5.67. The second kappa shape index (κ2) is 7.64. The standard InChI is InChI=1S/C22H19BrCl2O/c1-22(2,3)16-6-4-14(5-7-16)15-10-17(23)12-19(11-15)26-21-9-8-18(24)13-20(21)25/h4-13H,1-3H3. The van der Waals surface area contributed by atoms with E-state index in [1.54, 1.807) is 18.2 Å². The topological polar surface area (TPSA) is 9.23 Å². The molecule has 0 amide bonds. The summed E-state index contributed by atoms with van der Waals surface area (Å²) in [5.74, 6) is 1.28. The van der Waals surface area contributed by atoms with Gasteiger partial charge in [-0.2, -0.15) is 0 Å². The van der Waals surface area contributed by atoms with Crippen molar-refractivity contribution >= 4 is 39.1 Å². The summed E-state index contributed by atoms with van der Waals surface area (Å²) in [5.41, 5.74) is 3.64. The fraction of sp³-hybridized carbons (Fsp3) is 0.182. The van der Waals surface area contributed by atoms with Gasteiger partial charge < -0.3 is 4.74 Å². The SMILES string of the molecule is CC(C)(C)c1ccc(-c2cc(Br)cc(Oc3ccc(Cl)cc3Cl)c2)cc1. The van der Waals surface area contributed by atoms with Crippen molar-refractivity contribution < 1.29 is 4.74 Å². The Balaban J connectivity index is 1.92. The van der Waals surface area contributed by atoms with Gasteiger partial charge in [0.15, 0.2) is 0 Å². The molecule has 0 aliphatic rings. The number of halogens is 3. The van der Waals surface area contributed by atoms with Crippen molar-refractivity contribution in [2.45, 2.75) is 26.2 Å². The van der Waals surface area contributed by atoms with Crippen LogP contribution < -0.4 is 4.74 Å². The minimum atomic E-state index is 0.134. The highest BCUT2D eigenvalue weighted by Gasteiger charge is 2.13. The van der Waals surface area contributed by atoms with Crippen molar-refractivity contribution in [3.05, 3.63) is 80.7 Å². The van der Waals surface area contributed by atoms with Gasteiger partial charge in [-0.25, -0.2) is 0 Å². The first kappa shape index (κ1) is 19.3. The van der Waals surface area contributed by atoms with E-state index in [0.29, 0.717) is 21.5 Å². The molecule has 3 aromatic carbocycles. The van der Waals surface area contributed by atoms with E-state index in [0.717, 1.165) is 15.6 Å². The molecule has 0 unspecified atom stereocenters. The van der Waals surface area contributed by atoms with Crippen LogP contribution in [0.3, 0.4) is 0 Å². The van der Waals surface area contributed by atoms with E-state index in [1.165, 1.54) is 5.56 Å². The van der Waals surface area contributed by atoms with Crippen molar-refractivity contribution in [3.8, 4) is 22.6 Å². The molecule has 4 heteroatoms. The lowest BCUT2D eigenvalue weighted by Crippen LogP contribution is -2.10. The second-order valence-electron chi connectivity index (χ2n) is 7.18. The number of hydrogen-bond donors (Lipinski definition) is 0. The summed E-state index contributed by atoms with van der Waals surface area (Å²) in [5, 5.41) is 1.06. The van der Waals surface area contributed by atoms with Gasteiger partial charge in [-0.1, -0.05) is 84.2 Å². The quantitative estimate of drug-likeness (QED) is 0.389. The molecule has 0 heterocycles. The highest BCUT2D eigenvalue weighted by molar-refractivity contribution is 9.10. The Morgan fingerprint density at radius 1 is 0.808 bits per heavy atom. The van der Waals surface area contributed by atoms with Crippen LogP contribution in [0.25, 0.3) is 11.1 Å². The maximum absolute atomic E-state index is 6.21. The van der Waals surface area contributed by atoms with Crippen LogP contribution >= 0.6 is 39.1 Å². The summed E-state index contributed by atoms with van der Waals surface area (Å²) in [6, 6.07) is 19.8. The van der Waals surface area contributed by atoms with Gasteiger partial charge in [-0.15, -0.1) is 0 Å². The lowest BCUT2D eigenvalue weighted by atomic mass is 9.86. The zero-order valence-corrected chi connectivity index (χ0v) is 17.9. The van der Waals surface area contributed by atoms with Crippen LogP contribution in [0, 0.1) is 0 Å². The largest absolute Gasteiger partial charge is 0.456 e. The molecule has 0 spiro atoms. The Morgan fingerprint density at radius 2 is 1.50 bits per heavy atom. The lowest BCUT2D eigenvalue weighted by Gasteiger charge is -2.19. The molecule has 134 valence electrons. The van der Waals surface area contributed by atoms with Gasteiger partial charge >= 0.3 is 0 Å². The molecule has 0 saturated carbocycles. The van der Waals surface area contributed by atoms with E-state index < -0.39 is 0 Å². The van der Waals surface area contributed by atoms with Crippen molar-refractivity contribution in [3.63, 3.8) is 0 Å². The van der Waals surface area contributed by atoms with Gasteiger partial charge in [0, 0.05) is 9.50 Å². The highest BCUT2D eigenvalue weighted by Crippen LogP contribution is 2.35. The molecule has 3 aromatic rings.